The van der Waals surface area contributed by atoms with Crippen LogP contribution in [0.4, 0.5) is 11.6 Å². The minimum Gasteiger partial charge on any atom is -0.323 e. The minimum atomic E-state index is 0.505. The molecule has 6 rings (SSSR count). The highest BCUT2D eigenvalue weighted by Crippen LogP contribution is 2.32. The number of nitrogens with zero attached hydrogens (tertiary/aromatic N) is 5. The van der Waals surface area contributed by atoms with Gasteiger partial charge in [-0.2, -0.15) is 10.1 Å². The van der Waals surface area contributed by atoms with Crippen molar-refractivity contribution in [1.82, 2.24) is 29.8 Å². The Morgan fingerprint density at radius 2 is 1.71 bits per heavy atom. The van der Waals surface area contributed by atoms with E-state index in [9.17, 15) is 0 Å². The molecule has 0 aliphatic carbocycles. The molecule has 0 atom stereocenters. The van der Waals surface area contributed by atoms with E-state index in [1.54, 1.807) is 23.1 Å². The zero-order valence-electron chi connectivity index (χ0n) is 16.4. The fraction of sp³-hybridized carbons (Fsp3) is 0. The summed E-state index contributed by atoms with van der Waals surface area (Å²) in [5, 5.41) is 16.0. The molecule has 7 heteroatoms. The normalized spacial score (nSPS) is 11.2. The van der Waals surface area contributed by atoms with E-state index in [2.05, 4.69) is 49.9 Å². The predicted octanol–water partition coefficient (Wildman–Crippen LogP) is 5.08. The molecular formula is C24H17N7. The van der Waals surface area contributed by atoms with E-state index in [1.165, 1.54) is 0 Å². The summed E-state index contributed by atoms with van der Waals surface area (Å²) < 4.78 is 1.75. The molecule has 3 heterocycles. The van der Waals surface area contributed by atoms with E-state index in [0.717, 1.165) is 39.0 Å². The molecule has 3 aromatic heterocycles. The molecule has 0 spiro atoms. The van der Waals surface area contributed by atoms with Gasteiger partial charge in [-0.15, -0.1) is 5.10 Å². The Kier molecular flexibility index (Phi) is 3.96. The minimum absolute atomic E-state index is 0.505. The summed E-state index contributed by atoms with van der Waals surface area (Å²) >= 11 is 0. The van der Waals surface area contributed by atoms with Crippen LogP contribution in [0.5, 0.6) is 0 Å². The van der Waals surface area contributed by atoms with Gasteiger partial charge in [-0.1, -0.05) is 54.6 Å². The van der Waals surface area contributed by atoms with Crippen molar-refractivity contribution >= 4 is 28.2 Å². The number of H-pyrrole nitrogens is 1. The Balaban J connectivity index is 1.44. The van der Waals surface area contributed by atoms with Gasteiger partial charge in [-0.3, -0.25) is 10.1 Å². The Morgan fingerprint density at radius 1 is 0.871 bits per heavy atom. The highest BCUT2D eigenvalue weighted by molar-refractivity contribution is 5.87. The van der Waals surface area contributed by atoms with Crippen molar-refractivity contribution in [2.24, 2.45) is 0 Å². The summed E-state index contributed by atoms with van der Waals surface area (Å²) in [6.45, 7) is 0. The Labute approximate surface area is 177 Å². The van der Waals surface area contributed by atoms with E-state index in [-0.39, 0.29) is 0 Å². The van der Waals surface area contributed by atoms with Gasteiger partial charge in [0.15, 0.2) is 5.65 Å². The fourth-order valence-corrected chi connectivity index (χ4v) is 3.76. The Morgan fingerprint density at radius 3 is 2.61 bits per heavy atom. The van der Waals surface area contributed by atoms with E-state index in [4.69, 9.17) is 4.98 Å². The van der Waals surface area contributed by atoms with E-state index < -0.39 is 0 Å². The van der Waals surface area contributed by atoms with Crippen LogP contribution in [-0.2, 0) is 0 Å². The number of hydrogen-bond acceptors (Lipinski definition) is 5. The van der Waals surface area contributed by atoms with Crippen molar-refractivity contribution in [3.8, 4) is 22.4 Å². The summed E-state index contributed by atoms with van der Waals surface area (Å²) in [6.07, 6.45) is 5.35. The van der Waals surface area contributed by atoms with Crippen LogP contribution in [0.2, 0.25) is 0 Å². The molecule has 7 nitrogen and oxygen atoms in total. The van der Waals surface area contributed by atoms with Gasteiger partial charge in [0.05, 0.1) is 11.7 Å². The number of aromatic nitrogens is 6. The molecule has 0 amide bonds. The van der Waals surface area contributed by atoms with E-state index >= 15 is 0 Å². The third-order valence-corrected chi connectivity index (χ3v) is 5.22. The summed E-state index contributed by atoms with van der Waals surface area (Å²) in [5.74, 6) is 0.505. The molecule has 0 saturated carbocycles. The quantitative estimate of drug-likeness (QED) is 0.429. The largest absolute Gasteiger partial charge is 0.323 e. The molecule has 0 aliphatic rings. The number of fused-ring (bicyclic) bond motifs is 2. The maximum atomic E-state index is 4.74. The number of nitrogens with one attached hydrogen (secondary N) is 2. The lowest BCUT2D eigenvalue weighted by Crippen LogP contribution is -1.95. The van der Waals surface area contributed by atoms with Gasteiger partial charge in [0, 0.05) is 29.0 Å². The van der Waals surface area contributed by atoms with Gasteiger partial charge >= 0.3 is 0 Å². The second-order valence-corrected chi connectivity index (χ2v) is 7.19. The van der Waals surface area contributed by atoms with Crippen LogP contribution in [0.3, 0.4) is 0 Å². The maximum absolute atomic E-state index is 4.74. The van der Waals surface area contributed by atoms with Crippen LogP contribution in [0.25, 0.3) is 38.9 Å². The number of rotatable bonds is 4. The molecular weight excluding hydrogens is 386 g/mol. The van der Waals surface area contributed by atoms with Crippen LogP contribution >= 0.6 is 0 Å². The van der Waals surface area contributed by atoms with Gasteiger partial charge < -0.3 is 5.32 Å². The average molecular weight is 403 g/mol. The van der Waals surface area contributed by atoms with Crippen LogP contribution in [0.15, 0.2) is 91.4 Å². The molecule has 0 unspecified atom stereocenters. The summed E-state index contributed by atoms with van der Waals surface area (Å²) in [6, 6.07) is 24.5. The number of benzene rings is 3. The lowest BCUT2D eigenvalue weighted by Gasteiger charge is -2.09. The SMILES string of the molecule is c1ccc(-c2ccccc2-c2nccn3nc(Nc4ccc5cn[nH]c5c4)nc23)cc1. The number of hydrogen-bond donors (Lipinski definition) is 2. The van der Waals surface area contributed by atoms with Gasteiger partial charge in [0.1, 0.15) is 5.69 Å². The first-order chi connectivity index (χ1) is 15.3. The summed E-state index contributed by atoms with van der Waals surface area (Å²) in [4.78, 5) is 9.39. The zero-order chi connectivity index (χ0) is 20.6. The molecule has 31 heavy (non-hydrogen) atoms. The first-order valence-electron chi connectivity index (χ1n) is 9.91. The molecule has 0 bridgehead atoms. The summed E-state index contributed by atoms with van der Waals surface area (Å²) in [7, 11) is 0. The maximum Gasteiger partial charge on any atom is 0.247 e. The van der Waals surface area contributed by atoms with E-state index in [1.807, 2.05) is 48.5 Å². The van der Waals surface area contributed by atoms with Crippen LogP contribution in [-0.4, -0.2) is 29.8 Å². The van der Waals surface area contributed by atoms with Gasteiger partial charge in [-0.05, 0) is 29.3 Å². The second-order valence-electron chi connectivity index (χ2n) is 7.19. The van der Waals surface area contributed by atoms with Gasteiger partial charge in [-0.25, -0.2) is 4.52 Å². The van der Waals surface area contributed by atoms with Gasteiger partial charge in [0.2, 0.25) is 5.95 Å². The highest BCUT2D eigenvalue weighted by atomic mass is 15.4. The molecule has 0 aliphatic heterocycles. The van der Waals surface area contributed by atoms with Crippen molar-refractivity contribution < 1.29 is 0 Å². The zero-order valence-corrected chi connectivity index (χ0v) is 16.4. The lowest BCUT2D eigenvalue weighted by atomic mass is 9.98. The molecule has 0 saturated heterocycles. The van der Waals surface area contributed by atoms with Crippen molar-refractivity contribution in [3.63, 3.8) is 0 Å². The van der Waals surface area contributed by atoms with Crippen molar-refractivity contribution in [2.45, 2.75) is 0 Å². The van der Waals surface area contributed by atoms with Crippen LogP contribution < -0.4 is 5.32 Å². The molecule has 0 radical (unpaired) electrons. The third kappa shape index (κ3) is 3.08. The molecule has 0 fully saturated rings. The fourth-order valence-electron chi connectivity index (χ4n) is 3.76. The van der Waals surface area contributed by atoms with Crippen LogP contribution in [0, 0.1) is 0 Å². The number of anilines is 2. The second kappa shape index (κ2) is 7.07. The van der Waals surface area contributed by atoms with Crippen LogP contribution in [0.1, 0.15) is 0 Å². The average Bonchev–Trinajstić information content (AvgIpc) is 3.45. The highest BCUT2D eigenvalue weighted by Gasteiger charge is 2.15. The standard InChI is InChI=1S/C24H17N7/c1-2-6-16(7-3-1)19-8-4-5-9-20(19)22-23-28-24(30-31(23)13-12-25-22)27-18-11-10-17-15-26-29-21(17)14-18/h1-15H,(H,26,29)(H,27,30). The first-order valence-corrected chi connectivity index (χ1v) is 9.91. The monoisotopic (exact) mass is 403 g/mol. The van der Waals surface area contributed by atoms with Crippen molar-refractivity contribution in [3.05, 3.63) is 91.4 Å². The molecule has 3 aromatic carbocycles. The molecule has 2 N–H and O–H groups in total. The number of aromatic amines is 1. The topological polar surface area (TPSA) is 83.8 Å². The van der Waals surface area contributed by atoms with Gasteiger partial charge in [0.25, 0.3) is 0 Å². The smallest absolute Gasteiger partial charge is 0.247 e. The first kappa shape index (κ1) is 17.3. The third-order valence-electron chi connectivity index (χ3n) is 5.22. The Hall–Kier alpha value is -4.52. The molecule has 148 valence electrons. The van der Waals surface area contributed by atoms with Crippen molar-refractivity contribution in [2.75, 3.05) is 5.32 Å². The van der Waals surface area contributed by atoms with Crippen molar-refractivity contribution in [1.29, 1.82) is 0 Å². The Bertz CT molecular complexity index is 1520. The van der Waals surface area contributed by atoms with E-state index in [0.29, 0.717) is 11.6 Å². The molecule has 6 aromatic rings. The summed E-state index contributed by atoms with van der Waals surface area (Å²) in [5.41, 5.74) is 6.55. The lowest BCUT2D eigenvalue weighted by molar-refractivity contribution is 0.952. The predicted molar refractivity (Wildman–Crippen MR) is 121 cm³/mol.